The number of benzene rings is 1. The summed E-state index contributed by atoms with van der Waals surface area (Å²) in [5, 5.41) is 4.95. The molecule has 1 aliphatic rings. The maximum Gasteiger partial charge on any atom is 0.267 e. The minimum atomic E-state index is -0.359. The molecule has 1 aromatic carbocycles. The summed E-state index contributed by atoms with van der Waals surface area (Å²) in [4.78, 5) is 16.7. The number of halogens is 1. The van der Waals surface area contributed by atoms with Crippen LogP contribution in [0.5, 0.6) is 0 Å². The van der Waals surface area contributed by atoms with E-state index >= 15 is 0 Å². The van der Waals surface area contributed by atoms with Crippen molar-refractivity contribution >= 4 is 17.3 Å². The van der Waals surface area contributed by atoms with Crippen molar-refractivity contribution < 1.29 is 9.18 Å². The number of anilines is 2. The summed E-state index contributed by atoms with van der Waals surface area (Å²) < 4.78 is 14.1. The third-order valence-corrected chi connectivity index (χ3v) is 4.33. The molecule has 1 fully saturated rings. The predicted molar refractivity (Wildman–Crippen MR) is 96.2 cm³/mol. The fourth-order valence-corrected chi connectivity index (χ4v) is 2.94. The van der Waals surface area contributed by atoms with Gasteiger partial charge in [-0.25, -0.2) is 9.40 Å². The van der Waals surface area contributed by atoms with Crippen molar-refractivity contribution in [3.8, 4) is 0 Å². The highest BCUT2D eigenvalue weighted by atomic mass is 19.1. The number of carbonyl (C=O) groups is 1. The topological polar surface area (TPSA) is 57.3 Å². The largest absolute Gasteiger partial charge is 0.351 e. The molecule has 0 aliphatic carbocycles. The van der Waals surface area contributed by atoms with Crippen molar-refractivity contribution in [1.82, 2.24) is 15.4 Å². The van der Waals surface area contributed by atoms with Gasteiger partial charge in [-0.1, -0.05) is 18.9 Å². The highest BCUT2D eigenvalue weighted by Gasteiger charge is 2.17. The Balaban J connectivity index is 1.76. The van der Waals surface area contributed by atoms with Gasteiger partial charge < -0.3 is 5.32 Å². The van der Waals surface area contributed by atoms with Gasteiger partial charge in [0, 0.05) is 19.3 Å². The molecule has 6 heteroatoms. The minimum absolute atomic E-state index is 0.209. The summed E-state index contributed by atoms with van der Waals surface area (Å²) in [7, 11) is 0. The molecule has 3 rings (SSSR count). The predicted octanol–water partition coefficient (Wildman–Crippen LogP) is 3.79. The molecule has 132 valence electrons. The highest BCUT2D eigenvalue weighted by Crippen LogP contribution is 2.23. The number of hydrogen-bond acceptors (Lipinski definition) is 4. The molecule has 1 amide bonds. The lowest BCUT2D eigenvalue weighted by molar-refractivity contribution is 0.0795. The van der Waals surface area contributed by atoms with E-state index in [4.69, 9.17) is 0 Å². The van der Waals surface area contributed by atoms with Gasteiger partial charge in [-0.15, -0.1) is 0 Å². The molecule has 2 N–H and O–H groups in total. The van der Waals surface area contributed by atoms with Gasteiger partial charge >= 0.3 is 0 Å². The molecule has 0 saturated carbocycles. The zero-order valence-electron chi connectivity index (χ0n) is 14.4. The lowest BCUT2D eigenvalue weighted by Gasteiger charge is -2.21. The number of carbonyl (C=O) groups excluding carboxylic acids is 1. The van der Waals surface area contributed by atoms with E-state index in [1.807, 2.05) is 18.0 Å². The van der Waals surface area contributed by atoms with E-state index < -0.39 is 0 Å². The lowest BCUT2D eigenvalue weighted by Crippen LogP contribution is -2.42. The van der Waals surface area contributed by atoms with Crippen LogP contribution in [0.2, 0.25) is 0 Å². The number of hydrogen-bond donors (Lipinski definition) is 2. The van der Waals surface area contributed by atoms with Crippen LogP contribution in [0.3, 0.4) is 0 Å². The number of aryl methyl sites for hydroxylation is 1. The molecule has 0 bridgehead atoms. The van der Waals surface area contributed by atoms with Crippen LogP contribution in [-0.2, 0) is 0 Å². The van der Waals surface area contributed by atoms with Gasteiger partial charge in [0.25, 0.3) is 5.91 Å². The molecule has 5 nitrogen and oxygen atoms in total. The Hall–Kier alpha value is -2.47. The van der Waals surface area contributed by atoms with Gasteiger partial charge in [0.2, 0.25) is 0 Å². The Morgan fingerprint density at radius 3 is 2.60 bits per heavy atom. The quantitative estimate of drug-likeness (QED) is 0.887. The average Bonchev–Trinajstić information content (AvgIpc) is 2.86. The van der Waals surface area contributed by atoms with Crippen molar-refractivity contribution in [2.45, 2.75) is 32.6 Å². The summed E-state index contributed by atoms with van der Waals surface area (Å²) in [6.45, 7) is 3.54. The fraction of sp³-hybridized carbons (Fsp3) is 0.368. The first-order chi connectivity index (χ1) is 12.1. The van der Waals surface area contributed by atoms with Gasteiger partial charge in [0.05, 0.1) is 23.1 Å². The van der Waals surface area contributed by atoms with E-state index in [1.165, 1.54) is 25.1 Å². The van der Waals surface area contributed by atoms with Crippen LogP contribution < -0.4 is 10.7 Å². The first-order valence-corrected chi connectivity index (χ1v) is 8.66. The standard InChI is InChI=1S/C19H23FN4O/c1-14-6-7-17(16(20)12-14)22-18-13-21-9-8-15(18)19(25)23-24-10-4-2-3-5-11-24/h6-9,12-13,22H,2-5,10-11H2,1H3,(H,23,25). The third kappa shape index (κ3) is 4.54. The van der Waals surface area contributed by atoms with E-state index in [-0.39, 0.29) is 11.7 Å². The second-order valence-corrected chi connectivity index (χ2v) is 6.37. The summed E-state index contributed by atoms with van der Waals surface area (Å²) in [6.07, 6.45) is 7.65. The van der Waals surface area contributed by atoms with Crippen molar-refractivity contribution in [3.05, 3.63) is 53.6 Å². The number of nitrogens with zero attached hydrogens (tertiary/aromatic N) is 2. The maximum absolute atomic E-state index is 14.1. The Labute approximate surface area is 147 Å². The number of aromatic nitrogens is 1. The average molecular weight is 342 g/mol. The molecule has 1 saturated heterocycles. The molecule has 0 unspecified atom stereocenters. The molecule has 0 spiro atoms. The van der Waals surface area contributed by atoms with E-state index in [1.54, 1.807) is 18.3 Å². The zero-order chi connectivity index (χ0) is 17.6. The molecular formula is C19H23FN4O. The van der Waals surface area contributed by atoms with Crippen LogP contribution in [0.4, 0.5) is 15.8 Å². The molecule has 25 heavy (non-hydrogen) atoms. The second-order valence-electron chi connectivity index (χ2n) is 6.37. The number of hydrazine groups is 1. The molecular weight excluding hydrogens is 319 g/mol. The summed E-state index contributed by atoms with van der Waals surface area (Å²) in [6, 6.07) is 6.57. The van der Waals surface area contributed by atoms with E-state index in [9.17, 15) is 9.18 Å². The molecule has 0 radical (unpaired) electrons. The zero-order valence-corrected chi connectivity index (χ0v) is 14.4. The van der Waals surface area contributed by atoms with E-state index in [0.717, 1.165) is 31.5 Å². The van der Waals surface area contributed by atoms with E-state index in [2.05, 4.69) is 15.7 Å². The van der Waals surface area contributed by atoms with Crippen LogP contribution in [-0.4, -0.2) is 29.0 Å². The first-order valence-electron chi connectivity index (χ1n) is 8.66. The van der Waals surface area contributed by atoms with Crippen LogP contribution in [0.25, 0.3) is 0 Å². The van der Waals surface area contributed by atoms with Gasteiger partial charge in [0.1, 0.15) is 5.82 Å². The highest BCUT2D eigenvalue weighted by molar-refractivity contribution is 5.99. The van der Waals surface area contributed by atoms with Crippen LogP contribution in [0.1, 0.15) is 41.6 Å². The van der Waals surface area contributed by atoms with Crippen LogP contribution in [0, 0.1) is 12.7 Å². The Morgan fingerprint density at radius 1 is 1.12 bits per heavy atom. The second kappa shape index (κ2) is 8.07. The third-order valence-electron chi connectivity index (χ3n) is 4.33. The smallest absolute Gasteiger partial charge is 0.267 e. The summed E-state index contributed by atoms with van der Waals surface area (Å²) in [5.74, 6) is -0.568. The van der Waals surface area contributed by atoms with Crippen molar-refractivity contribution in [3.63, 3.8) is 0 Å². The van der Waals surface area contributed by atoms with Crippen LogP contribution >= 0.6 is 0 Å². The van der Waals surface area contributed by atoms with Crippen molar-refractivity contribution in [2.75, 3.05) is 18.4 Å². The van der Waals surface area contributed by atoms with Crippen molar-refractivity contribution in [2.24, 2.45) is 0 Å². The van der Waals surface area contributed by atoms with Gasteiger partial charge in [0.15, 0.2) is 0 Å². The number of rotatable bonds is 4. The lowest BCUT2D eigenvalue weighted by atomic mass is 10.2. The monoisotopic (exact) mass is 342 g/mol. The van der Waals surface area contributed by atoms with E-state index in [0.29, 0.717) is 16.9 Å². The Bertz CT molecular complexity index is 742. The normalized spacial score (nSPS) is 15.4. The Morgan fingerprint density at radius 2 is 1.88 bits per heavy atom. The molecule has 0 atom stereocenters. The number of pyridine rings is 1. The van der Waals surface area contributed by atoms with Gasteiger partial charge in [-0.05, 0) is 43.5 Å². The molecule has 1 aromatic heterocycles. The number of amides is 1. The first kappa shape index (κ1) is 17.4. The summed E-state index contributed by atoms with van der Waals surface area (Å²) >= 11 is 0. The van der Waals surface area contributed by atoms with Gasteiger partial charge in [-0.2, -0.15) is 0 Å². The molecule has 1 aliphatic heterocycles. The number of nitrogens with one attached hydrogen (secondary N) is 2. The van der Waals surface area contributed by atoms with Crippen LogP contribution in [0.15, 0.2) is 36.7 Å². The summed E-state index contributed by atoms with van der Waals surface area (Å²) in [5.41, 5.74) is 5.05. The molecule has 2 aromatic rings. The minimum Gasteiger partial charge on any atom is -0.351 e. The van der Waals surface area contributed by atoms with Gasteiger partial charge in [-0.3, -0.25) is 15.2 Å². The van der Waals surface area contributed by atoms with Crippen molar-refractivity contribution in [1.29, 1.82) is 0 Å². The fourth-order valence-electron chi connectivity index (χ4n) is 2.94. The maximum atomic E-state index is 14.1. The molecule has 2 heterocycles. The Kier molecular flexibility index (Phi) is 5.60. The SMILES string of the molecule is Cc1ccc(Nc2cnccc2C(=O)NN2CCCCCC2)c(F)c1.